The fourth-order valence-corrected chi connectivity index (χ4v) is 1.63. The van der Waals surface area contributed by atoms with E-state index in [1.165, 1.54) is 5.56 Å². The fourth-order valence-electron chi connectivity index (χ4n) is 1.63. The Morgan fingerprint density at radius 1 is 1.33 bits per heavy atom. The number of aryl methyl sites for hydroxylation is 1. The lowest BCUT2D eigenvalue weighted by atomic mass is 10.0. The minimum absolute atomic E-state index is 0.771. The van der Waals surface area contributed by atoms with Gasteiger partial charge in [0, 0.05) is 17.7 Å². The molecule has 0 aliphatic heterocycles. The summed E-state index contributed by atoms with van der Waals surface area (Å²) in [5.41, 5.74) is 3.40. The Balaban J connectivity index is 2.45. The molecule has 0 spiro atoms. The number of nitrogens with one attached hydrogen (secondary N) is 1. The van der Waals surface area contributed by atoms with Crippen molar-refractivity contribution in [2.45, 2.75) is 13.5 Å². The molecule has 3 heteroatoms. The molecule has 0 amide bonds. The van der Waals surface area contributed by atoms with Crippen molar-refractivity contribution in [2.24, 2.45) is 0 Å². The summed E-state index contributed by atoms with van der Waals surface area (Å²) in [6.45, 7) is 2.84. The van der Waals surface area contributed by atoms with E-state index in [-0.39, 0.29) is 0 Å². The van der Waals surface area contributed by atoms with Gasteiger partial charge in [0.1, 0.15) is 0 Å². The molecule has 0 bridgehead atoms. The van der Waals surface area contributed by atoms with Gasteiger partial charge in [0.2, 0.25) is 0 Å². The molecule has 1 aromatic carbocycles. The predicted octanol–water partition coefficient (Wildman–Crippen LogP) is 2.37. The van der Waals surface area contributed by atoms with E-state index in [2.05, 4.69) is 29.5 Å². The molecule has 0 atom stereocenters. The van der Waals surface area contributed by atoms with Crippen LogP contribution in [0.2, 0.25) is 0 Å². The van der Waals surface area contributed by atoms with Crippen molar-refractivity contribution in [1.82, 2.24) is 10.5 Å². The highest BCUT2D eigenvalue weighted by atomic mass is 16.5. The van der Waals surface area contributed by atoms with Crippen LogP contribution in [-0.2, 0) is 6.54 Å². The lowest BCUT2D eigenvalue weighted by Crippen LogP contribution is -2.05. The van der Waals surface area contributed by atoms with Crippen LogP contribution in [0.25, 0.3) is 11.3 Å². The van der Waals surface area contributed by atoms with Gasteiger partial charge in [-0.2, -0.15) is 0 Å². The molecule has 0 radical (unpaired) electrons. The maximum Gasteiger partial charge on any atom is 0.171 e. The zero-order chi connectivity index (χ0) is 10.7. The lowest BCUT2D eigenvalue weighted by Gasteiger charge is -2.03. The first-order valence-corrected chi connectivity index (χ1v) is 4.97. The molecule has 0 unspecified atom stereocenters. The highest BCUT2D eigenvalue weighted by Crippen LogP contribution is 2.26. The van der Waals surface area contributed by atoms with Crippen LogP contribution < -0.4 is 5.32 Å². The monoisotopic (exact) mass is 202 g/mol. The summed E-state index contributed by atoms with van der Waals surface area (Å²) in [5.74, 6) is 0.863. The molecular weight excluding hydrogens is 188 g/mol. The van der Waals surface area contributed by atoms with E-state index < -0.39 is 0 Å². The van der Waals surface area contributed by atoms with Gasteiger partial charge < -0.3 is 9.84 Å². The van der Waals surface area contributed by atoms with Crippen molar-refractivity contribution in [2.75, 3.05) is 7.05 Å². The summed E-state index contributed by atoms with van der Waals surface area (Å²) in [6.07, 6.45) is 1.76. The van der Waals surface area contributed by atoms with Gasteiger partial charge in [0.25, 0.3) is 0 Å². The zero-order valence-electron chi connectivity index (χ0n) is 8.95. The third kappa shape index (κ3) is 1.92. The van der Waals surface area contributed by atoms with Crippen LogP contribution in [0.3, 0.4) is 0 Å². The number of aromatic nitrogens is 1. The van der Waals surface area contributed by atoms with Crippen molar-refractivity contribution in [3.05, 3.63) is 41.6 Å². The number of rotatable bonds is 3. The summed E-state index contributed by atoms with van der Waals surface area (Å²) in [5, 5.41) is 6.94. The first-order valence-electron chi connectivity index (χ1n) is 4.97. The number of hydrogen-bond acceptors (Lipinski definition) is 3. The Labute approximate surface area is 89.1 Å². The molecule has 3 nitrogen and oxygen atoms in total. The van der Waals surface area contributed by atoms with Crippen LogP contribution in [0.15, 0.2) is 35.0 Å². The van der Waals surface area contributed by atoms with Gasteiger partial charge >= 0.3 is 0 Å². The van der Waals surface area contributed by atoms with E-state index in [0.29, 0.717) is 0 Å². The normalized spacial score (nSPS) is 10.5. The zero-order valence-corrected chi connectivity index (χ0v) is 8.95. The van der Waals surface area contributed by atoms with E-state index in [4.69, 9.17) is 4.52 Å². The molecule has 2 aromatic rings. The van der Waals surface area contributed by atoms with Crippen LogP contribution in [0.5, 0.6) is 0 Å². The average Bonchev–Trinajstić information content (AvgIpc) is 2.67. The van der Waals surface area contributed by atoms with Crippen LogP contribution in [0, 0.1) is 6.92 Å². The van der Waals surface area contributed by atoms with E-state index in [9.17, 15) is 0 Å². The van der Waals surface area contributed by atoms with Crippen LogP contribution in [-0.4, -0.2) is 12.2 Å². The minimum atomic E-state index is 0.771. The van der Waals surface area contributed by atoms with Crippen molar-refractivity contribution in [1.29, 1.82) is 0 Å². The molecule has 0 saturated heterocycles. The molecular formula is C12H14N2O. The number of nitrogens with zero attached hydrogens (tertiary/aromatic N) is 1. The predicted molar refractivity (Wildman–Crippen MR) is 59.4 cm³/mol. The van der Waals surface area contributed by atoms with Crippen molar-refractivity contribution in [3.63, 3.8) is 0 Å². The van der Waals surface area contributed by atoms with E-state index in [1.807, 2.05) is 19.2 Å². The maximum atomic E-state index is 5.29. The molecule has 0 fully saturated rings. The Kier molecular flexibility index (Phi) is 2.83. The van der Waals surface area contributed by atoms with E-state index >= 15 is 0 Å². The second kappa shape index (κ2) is 4.28. The summed E-state index contributed by atoms with van der Waals surface area (Å²) in [6, 6.07) is 8.15. The molecule has 1 heterocycles. The van der Waals surface area contributed by atoms with Crippen molar-refractivity contribution in [3.8, 4) is 11.3 Å². The molecule has 78 valence electrons. The Morgan fingerprint density at radius 3 is 2.87 bits per heavy atom. The summed E-state index contributed by atoms with van der Waals surface area (Å²) >= 11 is 0. The molecule has 0 aliphatic rings. The molecule has 15 heavy (non-hydrogen) atoms. The second-order valence-electron chi connectivity index (χ2n) is 3.53. The highest BCUT2D eigenvalue weighted by Gasteiger charge is 2.11. The fraction of sp³-hybridized carbons (Fsp3) is 0.250. The van der Waals surface area contributed by atoms with E-state index in [0.717, 1.165) is 23.4 Å². The summed E-state index contributed by atoms with van der Waals surface area (Å²) in [4.78, 5) is 0. The summed E-state index contributed by atoms with van der Waals surface area (Å²) in [7, 11) is 1.91. The van der Waals surface area contributed by atoms with Crippen LogP contribution >= 0.6 is 0 Å². The van der Waals surface area contributed by atoms with E-state index in [1.54, 1.807) is 6.20 Å². The summed E-state index contributed by atoms with van der Waals surface area (Å²) < 4.78 is 5.29. The number of hydrogen-bond donors (Lipinski definition) is 1. The van der Waals surface area contributed by atoms with Gasteiger partial charge in [-0.1, -0.05) is 29.4 Å². The van der Waals surface area contributed by atoms with Gasteiger partial charge in [0.05, 0.1) is 6.20 Å². The average molecular weight is 202 g/mol. The smallest absolute Gasteiger partial charge is 0.171 e. The standard InChI is InChI=1S/C12H14N2O/c1-9-5-3-4-6-11(9)12-10(7-13-2)8-14-15-12/h3-6,8,13H,7H2,1-2H3. The minimum Gasteiger partial charge on any atom is -0.356 e. The van der Waals surface area contributed by atoms with Crippen LogP contribution in [0.4, 0.5) is 0 Å². The first-order chi connectivity index (χ1) is 7.33. The quantitative estimate of drug-likeness (QED) is 0.830. The van der Waals surface area contributed by atoms with Crippen molar-refractivity contribution < 1.29 is 4.52 Å². The van der Waals surface area contributed by atoms with Gasteiger partial charge in [-0.3, -0.25) is 0 Å². The topological polar surface area (TPSA) is 38.1 Å². The van der Waals surface area contributed by atoms with Crippen LogP contribution in [0.1, 0.15) is 11.1 Å². The van der Waals surface area contributed by atoms with Gasteiger partial charge in [0.15, 0.2) is 5.76 Å². The number of benzene rings is 1. The Bertz CT molecular complexity index is 448. The third-order valence-corrected chi connectivity index (χ3v) is 2.40. The molecule has 1 N–H and O–H groups in total. The second-order valence-corrected chi connectivity index (χ2v) is 3.53. The SMILES string of the molecule is CNCc1cnoc1-c1ccccc1C. The lowest BCUT2D eigenvalue weighted by molar-refractivity contribution is 0.431. The largest absolute Gasteiger partial charge is 0.356 e. The molecule has 1 aromatic heterocycles. The third-order valence-electron chi connectivity index (χ3n) is 2.40. The molecule has 0 saturated carbocycles. The van der Waals surface area contributed by atoms with Crippen molar-refractivity contribution >= 4 is 0 Å². The Morgan fingerprint density at radius 2 is 2.13 bits per heavy atom. The highest BCUT2D eigenvalue weighted by molar-refractivity contribution is 5.64. The molecule has 2 rings (SSSR count). The van der Waals surface area contributed by atoms with Gasteiger partial charge in [-0.25, -0.2) is 0 Å². The Hall–Kier alpha value is -1.61. The van der Waals surface area contributed by atoms with Gasteiger partial charge in [-0.15, -0.1) is 0 Å². The molecule has 0 aliphatic carbocycles. The first kappa shape index (κ1) is 9.93. The van der Waals surface area contributed by atoms with Gasteiger partial charge in [-0.05, 0) is 19.5 Å². The maximum absolute atomic E-state index is 5.29.